The summed E-state index contributed by atoms with van der Waals surface area (Å²) in [6.07, 6.45) is 3.14. The maximum absolute atomic E-state index is 9.10. The molecule has 0 aliphatic heterocycles. The van der Waals surface area contributed by atoms with Gasteiger partial charge < -0.3 is 9.47 Å². The van der Waals surface area contributed by atoms with Crippen LogP contribution in [-0.2, 0) is 6.42 Å². The van der Waals surface area contributed by atoms with E-state index in [4.69, 9.17) is 14.7 Å². The van der Waals surface area contributed by atoms with E-state index in [9.17, 15) is 0 Å². The molecule has 4 nitrogen and oxygen atoms in total. The minimum atomic E-state index is 0.485. The summed E-state index contributed by atoms with van der Waals surface area (Å²) in [7, 11) is 3.15. The fourth-order valence-electron chi connectivity index (χ4n) is 1.68. The van der Waals surface area contributed by atoms with Crippen LogP contribution in [0.5, 0.6) is 11.5 Å². The highest BCUT2D eigenvalue weighted by Crippen LogP contribution is 2.37. The van der Waals surface area contributed by atoms with Gasteiger partial charge in [0.25, 0.3) is 0 Å². The van der Waals surface area contributed by atoms with Gasteiger partial charge in [-0.3, -0.25) is 10.7 Å². The molecule has 2 N–H and O–H groups in total. The van der Waals surface area contributed by atoms with Gasteiger partial charge >= 0.3 is 0 Å². The fourth-order valence-corrected chi connectivity index (χ4v) is 1.68. The zero-order valence-corrected chi connectivity index (χ0v) is 10.0. The lowest BCUT2D eigenvalue weighted by Gasteiger charge is -2.15. The Bertz CT molecular complexity index is 339. The van der Waals surface area contributed by atoms with Gasteiger partial charge in [0.15, 0.2) is 5.75 Å². The number of rotatable bonds is 6. The third-order valence-corrected chi connectivity index (χ3v) is 2.54. The van der Waals surface area contributed by atoms with Crippen LogP contribution in [-0.4, -0.2) is 19.4 Å². The summed E-state index contributed by atoms with van der Waals surface area (Å²) in [5, 5.41) is 9.10. The molecule has 0 amide bonds. The average molecular weight is 225 g/mol. The average Bonchev–Trinajstić information content (AvgIpc) is 2.34. The Kier molecular flexibility index (Phi) is 4.92. The maximum atomic E-state index is 9.10. The molecule has 0 saturated carbocycles. The van der Waals surface area contributed by atoms with Crippen molar-refractivity contribution in [3.05, 3.63) is 17.7 Å². The lowest BCUT2D eigenvalue weighted by Crippen LogP contribution is -2.01. The van der Waals surface area contributed by atoms with Crippen molar-refractivity contribution >= 4 is 5.69 Å². The molecule has 0 aromatic heterocycles. The molecule has 0 spiro atoms. The Morgan fingerprint density at radius 2 is 2.00 bits per heavy atom. The van der Waals surface area contributed by atoms with Crippen molar-refractivity contribution in [2.45, 2.75) is 26.2 Å². The van der Waals surface area contributed by atoms with Crippen LogP contribution in [0.1, 0.15) is 25.3 Å². The minimum absolute atomic E-state index is 0.485. The van der Waals surface area contributed by atoms with Crippen LogP contribution in [0.2, 0.25) is 0 Å². The molecular formula is C12H19NO3. The first-order valence-electron chi connectivity index (χ1n) is 5.42. The number of nitrogens with one attached hydrogen (secondary N) is 1. The van der Waals surface area contributed by atoms with E-state index >= 15 is 0 Å². The van der Waals surface area contributed by atoms with Gasteiger partial charge in [0.1, 0.15) is 11.4 Å². The fraction of sp³-hybridized carbons (Fsp3) is 0.500. The van der Waals surface area contributed by atoms with Crippen LogP contribution in [0.25, 0.3) is 0 Å². The third kappa shape index (κ3) is 2.58. The van der Waals surface area contributed by atoms with Gasteiger partial charge in [0, 0.05) is 0 Å². The van der Waals surface area contributed by atoms with Crippen molar-refractivity contribution in [3.63, 3.8) is 0 Å². The van der Waals surface area contributed by atoms with Gasteiger partial charge in [-0.2, -0.15) is 0 Å². The third-order valence-electron chi connectivity index (χ3n) is 2.54. The molecule has 0 heterocycles. The molecule has 4 heteroatoms. The van der Waals surface area contributed by atoms with E-state index in [2.05, 4.69) is 12.4 Å². The normalized spacial score (nSPS) is 10.0. The molecule has 0 aliphatic rings. The summed E-state index contributed by atoms with van der Waals surface area (Å²) in [5.74, 6) is 1.22. The van der Waals surface area contributed by atoms with Crippen molar-refractivity contribution in [2.75, 3.05) is 19.7 Å². The lowest BCUT2D eigenvalue weighted by atomic mass is 10.1. The number of hydrogen-bond acceptors (Lipinski definition) is 4. The SMILES string of the molecule is CCCCc1ccc(OC)c(NO)c1OC. The molecule has 1 aromatic carbocycles. The maximum Gasteiger partial charge on any atom is 0.151 e. The molecule has 90 valence electrons. The Balaban J connectivity index is 3.10. The highest BCUT2D eigenvalue weighted by molar-refractivity contribution is 5.67. The molecule has 0 saturated heterocycles. The zero-order valence-electron chi connectivity index (χ0n) is 10.0. The summed E-state index contributed by atoms with van der Waals surface area (Å²) in [6.45, 7) is 2.14. The molecule has 0 unspecified atom stereocenters. The molecule has 1 aromatic rings. The standard InChI is InChI=1S/C12H19NO3/c1-4-5-6-9-7-8-10(15-2)11(13-14)12(9)16-3/h7-8,13-14H,4-6H2,1-3H3. The number of benzene rings is 1. The van der Waals surface area contributed by atoms with Crippen LogP contribution >= 0.6 is 0 Å². The first-order chi connectivity index (χ1) is 7.78. The summed E-state index contributed by atoms with van der Waals surface area (Å²) in [6, 6.07) is 3.79. The molecule has 0 radical (unpaired) electrons. The number of ether oxygens (including phenoxy) is 2. The van der Waals surface area contributed by atoms with E-state index in [1.165, 1.54) is 0 Å². The van der Waals surface area contributed by atoms with Crippen molar-refractivity contribution < 1.29 is 14.7 Å². The zero-order chi connectivity index (χ0) is 12.0. The summed E-state index contributed by atoms with van der Waals surface area (Å²) >= 11 is 0. The van der Waals surface area contributed by atoms with E-state index in [0.717, 1.165) is 24.8 Å². The van der Waals surface area contributed by atoms with E-state index in [1.807, 2.05) is 12.1 Å². The highest BCUT2D eigenvalue weighted by atomic mass is 16.5. The Hall–Kier alpha value is -1.42. The number of methoxy groups -OCH3 is 2. The summed E-state index contributed by atoms with van der Waals surface area (Å²) in [5.41, 5.74) is 3.69. The van der Waals surface area contributed by atoms with Crippen LogP contribution in [0.3, 0.4) is 0 Å². The van der Waals surface area contributed by atoms with Gasteiger partial charge in [-0.15, -0.1) is 0 Å². The second-order valence-corrected chi connectivity index (χ2v) is 3.55. The highest BCUT2D eigenvalue weighted by Gasteiger charge is 2.13. The van der Waals surface area contributed by atoms with E-state index < -0.39 is 0 Å². The van der Waals surface area contributed by atoms with Gasteiger partial charge in [-0.1, -0.05) is 19.4 Å². The van der Waals surface area contributed by atoms with Crippen LogP contribution in [0.15, 0.2) is 12.1 Å². The Morgan fingerprint density at radius 3 is 2.50 bits per heavy atom. The minimum Gasteiger partial charge on any atom is -0.494 e. The van der Waals surface area contributed by atoms with E-state index in [0.29, 0.717) is 17.2 Å². The summed E-state index contributed by atoms with van der Waals surface area (Å²) in [4.78, 5) is 0. The van der Waals surface area contributed by atoms with Crippen LogP contribution < -0.4 is 15.0 Å². The molecule has 0 bridgehead atoms. The van der Waals surface area contributed by atoms with Gasteiger partial charge in [0.2, 0.25) is 0 Å². The van der Waals surface area contributed by atoms with Crippen LogP contribution in [0, 0.1) is 0 Å². The molecule has 16 heavy (non-hydrogen) atoms. The van der Waals surface area contributed by atoms with E-state index in [1.54, 1.807) is 14.2 Å². The largest absolute Gasteiger partial charge is 0.494 e. The smallest absolute Gasteiger partial charge is 0.151 e. The summed E-state index contributed by atoms with van der Waals surface area (Å²) < 4.78 is 10.4. The molecule has 0 fully saturated rings. The number of aryl methyl sites for hydroxylation is 1. The van der Waals surface area contributed by atoms with E-state index in [-0.39, 0.29) is 0 Å². The number of hydrogen-bond donors (Lipinski definition) is 2. The number of anilines is 1. The van der Waals surface area contributed by atoms with Crippen molar-refractivity contribution in [2.24, 2.45) is 0 Å². The molecule has 0 aliphatic carbocycles. The first kappa shape index (κ1) is 12.6. The molecular weight excluding hydrogens is 206 g/mol. The van der Waals surface area contributed by atoms with Crippen molar-refractivity contribution in [1.82, 2.24) is 0 Å². The first-order valence-corrected chi connectivity index (χ1v) is 5.42. The van der Waals surface area contributed by atoms with Gasteiger partial charge in [-0.05, 0) is 24.5 Å². The predicted molar refractivity (Wildman–Crippen MR) is 63.6 cm³/mol. The van der Waals surface area contributed by atoms with Crippen molar-refractivity contribution in [1.29, 1.82) is 0 Å². The second-order valence-electron chi connectivity index (χ2n) is 3.55. The van der Waals surface area contributed by atoms with Crippen LogP contribution in [0.4, 0.5) is 5.69 Å². The predicted octanol–water partition coefficient (Wildman–Crippen LogP) is 2.85. The van der Waals surface area contributed by atoms with Gasteiger partial charge in [-0.25, -0.2) is 0 Å². The topological polar surface area (TPSA) is 50.7 Å². The quantitative estimate of drug-likeness (QED) is 0.731. The second kappa shape index (κ2) is 6.23. The Labute approximate surface area is 96.1 Å². The molecule has 1 rings (SSSR count). The number of unbranched alkanes of at least 4 members (excludes halogenated alkanes) is 1. The molecule has 0 atom stereocenters. The lowest BCUT2D eigenvalue weighted by molar-refractivity contribution is 0.356. The van der Waals surface area contributed by atoms with Gasteiger partial charge in [0.05, 0.1) is 14.2 Å². The van der Waals surface area contributed by atoms with Crippen molar-refractivity contribution in [3.8, 4) is 11.5 Å². The monoisotopic (exact) mass is 225 g/mol. The Morgan fingerprint density at radius 1 is 1.25 bits per heavy atom.